The van der Waals surface area contributed by atoms with Gasteiger partial charge in [-0.2, -0.15) is 0 Å². The topological polar surface area (TPSA) is 0 Å². The average molecular weight is 365 g/mol. The van der Waals surface area contributed by atoms with E-state index >= 15 is 0 Å². The van der Waals surface area contributed by atoms with E-state index in [1.807, 2.05) is 0 Å². The third-order valence-corrected chi connectivity index (χ3v) is 8.11. The summed E-state index contributed by atoms with van der Waals surface area (Å²) >= 11 is 0. The fourth-order valence-electron chi connectivity index (χ4n) is 5.95. The van der Waals surface area contributed by atoms with Gasteiger partial charge in [-0.25, -0.2) is 0 Å². The van der Waals surface area contributed by atoms with Crippen molar-refractivity contribution in [3.8, 4) is 0 Å². The summed E-state index contributed by atoms with van der Waals surface area (Å²) in [6.07, 6.45) is 14.5. The molecule has 0 bridgehead atoms. The number of rotatable bonds is 12. The van der Waals surface area contributed by atoms with Crippen LogP contribution in [0, 0.1) is 47.3 Å². The van der Waals surface area contributed by atoms with Crippen LogP contribution in [0.1, 0.15) is 120 Å². The lowest BCUT2D eigenvalue weighted by atomic mass is 9.71. The van der Waals surface area contributed by atoms with E-state index in [0.29, 0.717) is 0 Å². The largest absolute Gasteiger partial charge is 0.0654 e. The Morgan fingerprint density at radius 1 is 0.808 bits per heavy atom. The molecule has 0 aromatic heterocycles. The molecule has 0 spiro atoms. The van der Waals surface area contributed by atoms with Crippen molar-refractivity contribution in [1.29, 1.82) is 0 Å². The fraction of sp³-hybridized carbons (Fsp3) is 1.00. The number of hydrogen-bond acceptors (Lipinski definition) is 0. The Labute approximate surface area is 167 Å². The first-order valence-electron chi connectivity index (χ1n) is 12.3. The van der Waals surface area contributed by atoms with Crippen molar-refractivity contribution in [2.24, 2.45) is 47.3 Å². The Morgan fingerprint density at radius 3 is 1.92 bits per heavy atom. The first kappa shape index (κ1) is 24.0. The zero-order valence-corrected chi connectivity index (χ0v) is 19.7. The average Bonchev–Trinajstić information content (AvgIpc) is 2.60. The molecule has 0 N–H and O–H groups in total. The molecular formula is C26H52. The van der Waals surface area contributed by atoms with E-state index < -0.39 is 0 Å². The normalized spacial score (nSPS) is 27.1. The van der Waals surface area contributed by atoms with E-state index in [1.54, 1.807) is 0 Å². The summed E-state index contributed by atoms with van der Waals surface area (Å²) in [7, 11) is 0. The van der Waals surface area contributed by atoms with Crippen LogP contribution in [-0.2, 0) is 0 Å². The zero-order chi connectivity index (χ0) is 19.7. The minimum absolute atomic E-state index is 0.844. The quantitative estimate of drug-likeness (QED) is 0.324. The van der Waals surface area contributed by atoms with Crippen LogP contribution in [0.5, 0.6) is 0 Å². The smallest absolute Gasteiger partial charge is 0.0365 e. The summed E-state index contributed by atoms with van der Waals surface area (Å²) in [5, 5.41) is 0. The van der Waals surface area contributed by atoms with Crippen molar-refractivity contribution in [3.05, 3.63) is 0 Å². The molecule has 0 aliphatic heterocycles. The van der Waals surface area contributed by atoms with E-state index in [1.165, 1.54) is 64.2 Å². The fourth-order valence-corrected chi connectivity index (χ4v) is 5.95. The lowest BCUT2D eigenvalue weighted by molar-refractivity contribution is 0.159. The molecule has 0 amide bonds. The van der Waals surface area contributed by atoms with Gasteiger partial charge in [0.1, 0.15) is 0 Å². The monoisotopic (exact) mass is 364 g/mol. The molecule has 0 saturated heterocycles. The SMILES string of the molecule is CCCC(CC(C)CCC(C)C(C)C1CCC(C)CC1)C(CC)C(C)C. The Bertz CT molecular complexity index is 336. The van der Waals surface area contributed by atoms with Gasteiger partial charge in [-0.15, -0.1) is 0 Å². The van der Waals surface area contributed by atoms with Crippen LogP contribution < -0.4 is 0 Å². The van der Waals surface area contributed by atoms with Crippen LogP contribution in [0.2, 0.25) is 0 Å². The molecule has 1 rings (SSSR count). The van der Waals surface area contributed by atoms with Crippen molar-refractivity contribution < 1.29 is 0 Å². The second-order valence-corrected chi connectivity index (χ2v) is 10.6. The van der Waals surface area contributed by atoms with Crippen molar-refractivity contribution in [2.75, 3.05) is 0 Å². The van der Waals surface area contributed by atoms with Gasteiger partial charge < -0.3 is 0 Å². The highest BCUT2D eigenvalue weighted by Gasteiger charge is 2.28. The van der Waals surface area contributed by atoms with Crippen molar-refractivity contribution in [3.63, 3.8) is 0 Å². The Balaban J connectivity index is 2.43. The lowest BCUT2D eigenvalue weighted by Crippen LogP contribution is -2.24. The molecule has 1 aliphatic rings. The first-order valence-corrected chi connectivity index (χ1v) is 12.3. The second-order valence-electron chi connectivity index (χ2n) is 10.6. The van der Waals surface area contributed by atoms with Crippen LogP contribution in [0.4, 0.5) is 0 Å². The first-order chi connectivity index (χ1) is 12.3. The Morgan fingerprint density at radius 2 is 1.42 bits per heavy atom. The Kier molecular flexibility index (Phi) is 11.5. The third-order valence-electron chi connectivity index (χ3n) is 8.11. The highest BCUT2D eigenvalue weighted by atomic mass is 14.3. The maximum absolute atomic E-state index is 2.56. The van der Waals surface area contributed by atoms with E-state index in [9.17, 15) is 0 Å². The molecule has 0 heterocycles. The third kappa shape index (κ3) is 7.93. The molecule has 0 aromatic carbocycles. The molecule has 0 radical (unpaired) electrons. The second kappa shape index (κ2) is 12.5. The molecule has 5 atom stereocenters. The van der Waals surface area contributed by atoms with Gasteiger partial charge in [-0.05, 0) is 66.6 Å². The summed E-state index contributed by atoms with van der Waals surface area (Å²) in [6.45, 7) is 19.7. The lowest BCUT2D eigenvalue weighted by Gasteiger charge is -2.35. The van der Waals surface area contributed by atoms with Gasteiger partial charge in [0, 0.05) is 0 Å². The minimum atomic E-state index is 0.844. The maximum Gasteiger partial charge on any atom is -0.0365 e. The van der Waals surface area contributed by atoms with Gasteiger partial charge >= 0.3 is 0 Å². The van der Waals surface area contributed by atoms with E-state index in [0.717, 1.165) is 47.3 Å². The predicted molar refractivity (Wildman–Crippen MR) is 119 cm³/mol. The van der Waals surface area contributed by atoms with Gasteiger partial charge in [0.15, 0.2) is 0 Å². The zero-order valence-electron chi connectivity index (χ0n) is 19.7. The van der Waals surface area contributed by atoms with E-state index in [2.05, 4.69) is 55.4 Å². The molecule has 5 unspecified atom stereocenters. The molecule has 156 valence electrons. The molecule has 26 heavy (non-hydrogen) atoms. The molecule has 0 heteroatoms. The van der Waals surface area contributed by atoms with Crippen LogP contribution in [0.3, 0.4) is 0 Å². The molecule has 1 aliphatic carbocycles. The predicted octanol–water partition coefficient (Wildman–Crippen LogP) is 8.99. The summed E-state index contributed by atoms with van der Waals surface area (Å²) in [5.74, 6) is 7.46. The maximum atomic E-state index is 2.56. The molecule has 1 saturated carbocycles. The Hall–Kier alpha value is 0. The highest BCUT2D eigenvalue weighted by Crippen LogP contribution is 2.39. The van der Waals surface area contributed by atoms with Crippen molar-refractivity contribution in [2.45, 2.75) is 120 Å². The summed E-state index contributed by atoms with van der Waals surface area (Å²) in [6, 6.07) is 0. The van der Waals surface area contributed by atoms with E-state index in [4.69, 9.17) is 0 Å². The molecule has 1 fully saturated rings. The summed E-state index contributed by atoms with van der Waals surface area (Å²) in [5.41, 5.74) is 0. The molecular weight excluding hydrogens is 312 g/mol. The van der Waals surface area contributed by atoms with Crippen molar-refractivity contribution >= 4 is 0 Å². The minimum Gasteiger partial charge on any atom is -0.0654 e. The molecule has 0 nitrogen and oxygen atoms in total. The van der Waals surface area contributed by atoms with Crippen LogP contribution in [-0.4, -0.2) is 0 Å². The summed E-state index contributed by atoms with van der Waals surface area (Å²) in [4.78, 5) is 0. The van der Waals surface area contributed by atoms with Crippen LogP contribution in [0.15, 0.2) is 0 Å². The number of hydrogen-bond donors (Lipinski definition) is 0. The highest BCUT2D eigenvalue weighted by molar-refractivity contribution is 4.78. The van der Waals surface area contributed by atoms with Gasteiger partial charge in [0.25, 0.3) is 0 Å². The van der Waals surface area contributed by atoms with Gasteiger partial charge in [-0.3, -0.25) is 0 Å². The van der Waals surface area contributed by atoms with Gasteiger partial charge in [-0.1, -0.05) is 100 Å². The van der Waals surface area contributed by atoms with Crippen molar-refractivity contribution in [1.82, 2.24) is 0 Å². The standard InChI is InChI=1S/C26H52/c1-9-11-25(26(10-2)19(3)4)18-21(6)12-15-22(7)23(8)24-16-13-20(5)14-17-24/h19-26H,9-18H2,1-8H3. The van der Waals surface area contributed by atoms with Crippen LogP contribution in [0.25, 0.3) is 0 Å². The van der Waals surface area contributed by atoms with E-state index in [-0.39, 0.29) is 0 Å². The van der Waals surface area contributed by atoms with Crippen LogP contribution >= 0.6 is 0 Å². The molecule has 0 aromatic rings. The van der Waals surface area contributed by atoms with Gasteiger partial charge in [0.2, 0.25) is 0 Å². The summed E-state index contributed by atoms with van der Waals surface area (Å²) < 4.78 is 0. The van der Waals surface area contributed by atoms with Gasteiger partial charge in [0.05, 0.1) is 0 Å².